The number of fused-ring (bicyclic) bond motifs is 1. The van der Waals surface area contributed by atoms with E-state index in [1.165, 1.54) is 18.6 Å². The van der Waals surface area contributed by atoms with Crippen LogP contribution in [0.25, 0.3) is 22.4 Å². The molecule has 5 nitrogen and oxygen atoms in total. The Balaban J connectivity index is 1.48. The molecule has 8 heteroatoms. The van der Waals surface area contributed by atoms with Crippen LogP contribution in [0.3, 0.4) is 0 Å². The highest BCUT2D eigenvalue weighted by Gasteiger charge is 2.41. The number of aromatic nitrogens is 3. The number of nitrogens with one attached hydrogen (secondary N) is 1. The summed E-state index contributed by atoms with van der Waals surface area (Å²) in [5.41, 5.74) is 1.09. The minimum Gasteiger partial charge on any atom is -0.388 e. The Morgan fingerprint density at radius 2 is 1.76 bits per heavy atom. The Morgan fingerprint density at radius 1 is 0.966 bits per heavy atom. The third kappa shape index (κ3) is 3.26. The van der Waals surface area contributed by atoms with Gasteiger partial charge >= 0.3 is 6.18 Å². The summed E-state index contributed by atoms with van der Waals surface area (Å²) in [5, 5.41) is 4.25. The molecule has 1 spiro atoms. The Hall–Kier alpha value is -2.90. The van der Waals surface area contributed by atoms with E-state index < -0.39 is 11.7 Å². The summed E-state index contributed by atoms with van der Waals surface area (Å²) in [7, 11) is 0. The molecular formula is C21H19F3N4O. The minimum absolute atomic E-state index is 0.0362. The molecule has 1 aromatic carbocycles. The number of alkyl halides is 3. The van der Waals surface area contributed by atoms with Crippen molar-refractivity contribution in [1.29, 1.82) is 0 Å². The average Bonchev–Trinajstić information content (AvgIpc) is 3.32. The Kier molecular flexibility index (Phi) is 4.11. The summed E-state index contributed by atoms with van der Waals surface area (Å²) in [5.74, 6) is 0.566. The van der Waals surface area contributed by atoms with Crippen molar-refractivity contribution in [2.24, 2.45) is 5.16 Å². The van der Waals surface area contributed by atoms with Crippen molar-refractivity contribution in [3.05, 3.63) is 47.8 Å². The topological polar surface area (TPSA) is 63.2 Å². The molecule has 0 atom stereocenters. The molecule has 0 saturated heterocycles. The highest BCUT2D eigenvalue weighted by Crippen LogP contribution is 2.39. The number of hydrogen-bond acceptors (Lipinski definition) is 4. The molecule has 2 aromatic heterocycles. The van der Waals surface area contributed by atoms with Crippen LogP contribution in [0.2, 0.25) is 0 Å². The van der Waals surface area contributed by atoms with Crippen LogP contribution >= 0.6 is 0 Å². The van der Waals surface area contributed by atoms with Gasteiger partial charge in [-0.1, -0.05) is 29.8 Å². The maximum Gasteiger partial charge on any atom is 0.417 e. The van der Waals surface area contributed by atoms with Crippen molar-refractivity contribution in [2.45, 2.75) is 50.3 Å². The van der Waals surface area contributed by atoms with Gasteiger partial charge in [-0.15, -0.1) is 0 Å². The van der Waals surface area contributed by atoms with Gasteiger partial charge in [0, 0.05) is 12.0 Å². The maximum atomic E-state index is 13.4. The van der Waals surface area contributed by atoms with E-state index in [-0.39, 0.29) is 16.9 Å². The standard InChI is InChI=1S/C21H19F3N4O/c22-21(23,24)14-7-3-2-6-13(14)15-8-9-16-18(25-15)27-19(26-16)17-12-20(29-28-17)10-4-1-5-11-20/h2-3,6-9H,1,4-5,10-12H2,(H,25,26,27). The second kappa shape index (κ2) is 6.57. The minimum atomic E-state index is -4.45. The van der Waals surface area contributed by atoms with Crippen LogP contribution in [0.1, 0.15) is 49.9 Å². The molecule has 1 fully saturated rings. The zero-order valence-electron chi connectivity index (χ0n) is 15.6. The van der Waals surface area contributed by atoms with Gasteiger partial charge in [0.15, 0.2) is 11.5 Å². The molecule has 1 saturated carbocycles. The van der Waals surface area contributed by atoms with E-state index in [4.69, 9.17) is 4.84 Å². The molecule has 0 amide bonds. The van der Waals surface area contributed by atoms with Gasteiger partial charge < -0.3 is 9.82 Å². The van der Waals surface area contributed by atoms with Crippen LogP contribution in [-0.2, 0) is 11.0 Å². The Bertz CT molecular complexity index is 1100. The second-order valence-electron chi connectivity index (χ2n) is 7.75. The van der Waals surface area contributed by atoms with E-state index in [0.717, 1.165) is 37.5 Å². The van der Waals surface area contributed by atoms with Crippen molar-refractivity contribution >= 4 is 16.9 Å². The largest absolute Gasteiger partial charge is 0.417 e. The molecule has 5 rings (SSSR count). The molecule has 29 heavy (non-hydrogen) atoms. The summed E-state index contributed by atoms with van der Waals surface area (Å²) in [4.78, 5) is 17.8. The molecule has 0 unspecified atom stereocenters. The lowest BCUT2D eigenvalue weighted by molar-refractivity contribution is -0.137. The first-order valence-corrected chi connectivity index (χ1v) is 9.72. The van der Waals surface area contributed by atoms with E-state index in [2.05, 4.69) is 20.1 Å². The van der Waals surface area contributed by atoms with Crippen molar-refractivity contribution < 1.29 is 18.0 Å². The van der Waals surface area contributed by atoms with E-state index in [9.17, 15) is 13.2 Å². The highest BCUT2D eigenvalue weighted by atomic mass is 19.4. The predicted molar refractivity (Wildman–Crippen MR) is 102 cm³/mol. The van der Waals surface area contributed by atoms with E-state index >= 15 is 0 Å². The van der Waals surface area contributed by atoms with Gasteiger partial charge in [-0.3, -0.25) is 0 Å². The molecule has 0 bridgehead atoms. The van der Waals surface area contributed by atoms with Crippen LogP contribution in [0.5, 0.6) is 0 Å². The number of halogens is 3. The number of imidazole rings is 1. The summed E-state index contributed by atoms with van der Waals surface area (Å²) >= 11 is 0. The second-order valence-corrected chi connectivity index (χ2v) is 7.75. The number of rotatable bonds is 2. The first kappa shape index (κ1) is 18.1. The van der Waals surface area contributed by atoms with Crippen LogP contribution in [0.15, 0.2) is 41.6 Å². The fourth-order valence-corrected chi connectivity index (χ4v) is 4.25. The van der Waals surface area contributed by atoms with Crippen molar-refractivity contribution in [3.63, 3.8) is 0 Å². The number of pyridine rings is 1. The SMILES string of the molecule is FC(F)(F)c1ccccc1-c1ccc2[nH]c(C3=NOC4(CCCCC4)C3)nc2n1. The van der Waals surface area contributed by atoms with Crippen molar-refractivity contribution in [2.75, 3.05) is 0 Å². The zero-order chi connectivity index (χ0) is 20.1. The number of aromatic amines is 1. The smallest absolute Gasteiger partial charge is 0.388 e. The van der Waals surface area contributed by atoms with Crippen LogP contribution < -0.4 is 0 Å². The molecule has 0 radical (unpaired) electrons. The summed E-state index contributed by atoms with van der Waals surface area (Å²) in [6, 6.07) is 8.70. The molecule has 3 heterocycles. The maximum absolute atomic E-state index is 13.4. The van der Waals surface area contributed by atoms with Gasteiger partial charge in [0.2, 0.25) is 0 Å². The van der Waals surface area contributed by atoms with Crippen molar-refractivity contribution in [3.8, 4) is 11.3 Å². The summed E-state index contributed by atoms with van der Waals surface area (Å²) in [6.45, 7) is 0. The van der Waals surface area contributed by atoms with Crippen molar-refractivity contribution in [1.82, 2.24) is 15.0 Å². The van der Waals surface area contributed by atoms with Gasteiger partial charge in [-0.2, -0.15) is 13.2 Å². The van der Waals surface area contributed by atoms with E-state index in [1.807, 2.05) is 0 Å². The van der Waals surface area contributed by atoms with Gasteiger partial charge in [-0.05, 0) is 43.9 Å². The fourth-order valence-electron chi connectivity index (χ4n) is 4.25. The number of oxime groups is 1. The Labute approximate surface area is 165 Å². The molecule has 1 aliphatic heterocycles. The van der Waals surface area contributed by atoms with Gasteiger partial charge in [0.05, 0.1) is 16.8 Å². The average molecular weight is 400 g/mol. The number of hydrogen-bond donors (Lipinski definition) is 1. The summed E-state index contributed by atoms with van der Waals surface area (Å²) in [6.07, 6.45) is 1.69. The van der Waals surface area contributed by atoms with Gasteiger partial charge in [-0.25, -0.2) is 9.97 Å². The first-order chi connectivity index (χ1) is 13.9. The van der Waals surface area contributed by atoms with Crippen LogP contribution in [0, 0.1) is 0 Å². The van der Waals surface area contributed by atoms with Crippen LogP contribution in [0.4, 0.5) is 13.2 Å². The molecule has 1 N–H and O–H groups in total. The number of H-pyrrole nitrogens is 1. The quantitative estimate of drug-likeness (QED) is 0.620. The molecule has 3 aromatic rings. The third-order valence-corrected chi connectivity index (χ3v) is 5.73. The molecule has 1 aliphatic carbocycles. The lowest BCUT2D eigenvalue weighted by Crippen LogP contribution is -2.31. The first-order valence-electron chi connectivity index (χ1n) is 9.72. The van der Waals surface area contributed by atoms with E-state index in [0.29, 0.717) is 23.4 Å². The van der Waals surface area contributed by atoms with Gasteiger partial charge in [0.1, 0.15) is 11.3 Å². The fraction of sp³-hybridized carbons (Fsp3) is 0.381. The zero-order valence-corrected chi connectivity index (χ0v) is 15.6. The van der Waals surface area contributed by atoms with E-state index in [1.54, 1.807) is 18.2 Å². The molecule has 2 aliphatic rings. The monoisotopic (exact) mass is 400 g/mol. The number of benzene rings is 1. The highest BCUT2D eigenvalue weighted by molar-refractivity contribution is 6.00. The predicted octanol–water partition coefficient (Wildman–Crippen LogP) is 5.47. The lowest BCUT2D eigenvalue weighted by Gasteiger charge is -2.30. The Morgan fingerprint density at radius 3 is 2.55 bits per heavy atom. The third-order valence-electron chi connectivity index (χ3n) is 5.73. The lowest BCUT2D eigenvalue weighted by atomic mass is 9.81. The molecular weight excluding hydrogens is 381 g/mol. The van der Waals surface area contributed by atoms with Gasteiger partial charge in [0.25, 0.3) is 0 Å². The number of nitrogens with zero attached hydrogens (tertiary/aromatic N) is 3. The molecule has 150 valence electrons. The normalized spacial score (nSPS) is 18.8. The summed E-state index contributed by atoms with van der Waals surface area (Å²) < 4.78 is 40.1. The van der Waals surface area contributed by atoms with Crippen LogP contribution in [-0.4, -0.2) is 26.3 Å².